The first-order chi connectivity index (χ1) is 13.9. The molecule has 4 aromatic rings. The van der Waals surface area contributed by atoms with Gasteiger partial charge in [-0.1, -0.05) is 18.2 Å². The summed E-state index contributed by atoms with van der Waals surface area (Å²) < 4.78 is 1.73. The van der Waals surface area contributed by atoms with Crippen molar-refractivity contribution in [3.8, 4) is 10.6 Å². The molecule has 0 unspecified atom stereocenters. The Kier molecular flexibility index (Phi) is 5.07. The van der Waals surface area contributed by atoms with E-state index in [1.54, 1.807) is 16.0 Å². The number of rotatable bonds is 5. The highest BCUT2D eigenvalue weighted by Crippen LogP contribution is 2.29. The van der Waals surface area contributed by atoms with E-state index in [9.17, 15) is 4.79 Å². The molecule has 1 amide bonds. The van der Waals surface area contributed by atoms with Crippen molar-refractivity contribution in [1.82, 2.24) is 20.1 Å². The molecular formula is C22H23N5OS. The largest absolute Gasteiger partial charge is 0.378 e. The first-order valence-corrected chi connectivity index (χ1v) is 10.2. The molecule has 1 aromatic carbocycles. The molecule has 148 valence electrons. The molecule has 0 aliphatic carbocycles. The standard InChI is InChI=1S/C22H23N5OS/c1-14-20-17(22(28)23-13-15-7-9-16(10-8-15)26(2)3)12-18(19-6-5-11-29-19)24-21(20)27(4)25-14/h5-12H,13H2,1-4H3,(H,23,28). The highest BCUT2D eigenvalue weighted by atomic mass is 32.1. The lowest BCUT2D eigenvalue weighted by Gasteiger charge is -2.13. The van der Waals surface area contributed by atoms with Crippen molar-refractivity contribution in [2.45, 2.75) is 13.5 Å². The van der Waals surface area contributed by atoms with E-state index in [0.29, 0.717) is 17.8 Å². The van der Waals surface area contributed by atoms with Crippen molar-refractivity contribution >= 4 is 34.0 Å². The Balaban J connectivity index is 1.66. The number of aryl methyl sites for hydroxylation is 2. The fourth-order valence-electron chi connectivity index (χ4n) is 3.36. The van der Waals surface area contributed by atoms with Crippen molar-refractivity contribution in [2.75, 3.05) is 19.0 Å². The predicted octanol–water partition coefficient (Wildman–Crippen LogP) is 4.00. The second kappa shape index (κ2) is 7.67. The maximum atomic E-state index is 13.1. The van der Waals surface area contributed by atoms with Crippen LogP contribution in [-0.4, -0.2) is 34.8 Å². The molecule has 0 saturated heterocycles. The number of fused-ring (bicyclic) bond motifs is 1. The van der Waals surface area contributed by atoms with Crippen molar-refractivity contribution < 1.29 is 4.79 Å². The maximum absolute atomic E-state index is 13.1. The van der Waals surface area contributed by atoms with Gasteiger partial charge in [0.15, 0.2) is 5.65 Å². The van der Waals surface area contributed by atoms with Gasteiger partial charge < -0.3 is 10.2 Å². The third-order valence-corrected chi connectivity index (χ3v) is 5.79. The van der Waals surface area contributed by atoms with E-state index in [-0.39, 0.29) is 5.91 Å². The number of amides is 1. The predicted molar refractivity (Wildman–Crippen MR) is 118 cm³/mol. The van der Waals surface area contributed by atoms with Gasteiger partial charge >= 0.3 is 0 Å². The number of benzene rings is 1. The van der Waals surface area contributed by atoms with Crippen LogP contribution in [0.3, 0.4) is 0 Å². The van der Waals surface area contributed by atoms with Crippen LogP contribution in [0.1, 0.15) is 21.6 Å². The van der Waals surface area contributed by atoms with Crippen molar-refractivity contribution in [3.05, 3.63) is 64.7 Å². The normalized spacial score (nSPS) is 11.0. The fraction of sp³-hybridized carbons (Fsp3) is 0.227. The molecule has 4 rings (SSSR count). The number of hydrogen-bond donors (Lipinski definition) is 1. The van der Waals surface area contributed by atoms with Crippen LogP contribution in [0, 0.1) is 6.92 Å². The summed E-state index contributed by atoms with van der Waals surface area (Å²) in [6, 6.07) is 14.0. The summed E-state index contributed by atoms with van der Waals surface area (Å²) in [5.41, 5.74) is 5.09. The Bertz CT molecular complexity index is 1160. The third kappa shape index (κ3) is 3.73. The molecule has 0 spiro atoms. The zero-order valence-electron chi connectivity index (χ0n) is 16.9. The number of aromatic nitrogens is 3. The highest BCUT2D eigenvalue weighted by Gasteiger charge is 2.19. The monoisotopic (exact) mass is 405 g/mol. The van der Waals surface area contributed by atoms with Gasteiger partial charge in [0, 0.05) is 33.4 Å². The number of carbonyl (C=O) groups excluding carboxylic acids is 1. The van der Waals surface area contributed by atoms with Gasteiger partial charge in [-0.3, -0.25) is 9.48 Å². The lowest BCUT2D eigenvalue weighted by Crippen LogP contribution is -2.23. The molecule has 0 aliphatic rings. The molecule has 0 bridgehead atoms. The summed E-state index contributed by atoms with van der Waals surface area (Å²) in [4.78, 5) is 20.9. The fourth-order valence-corrected chi connectivity index (χ4v) is 4.05. The van der Waals surface area contributed by atoms with Crippen LogP contribution in [0.4, 0.5) is 5.69 Å². The minimum absolute atomic E-state index is 0.122. The number of nitrogens with zero attached hydrogens (tertiary/aromatic N) is 4. The maximum Gasteiger partial charge on any atom is 0.252 e. The van der Waals surface area contributed by atoms with Crippen LogP contribution in [0.2, 0.25) is 0 Å². The summed E-state index contributed by atoms with van der Waals surface area (Å²) in [6.07, 6.45) is 0. The van der Waals surface area contributed by atoms with Crippen LogP contribution < -0.4 is 10.2 Å². The highest BCUT2D eigenvalue weighted by molar-refractivity contribution is 7.13. The zero-order valence-corrected chi connectivity index (χ0v) is 17.7. The number of carbonyl (C=O) groups is 1. The molecule has 3 aromatic heterocycles. The lowest BCUT2D eigenvalue weighted by atomic mass is 10.1. The molecule has 3 heterocycles. The molecular weight excluding hydrogens is 382 g/mol. The van der Waals surface area contributed by atoms with E-state index in [1.165, 1.54) is 0 Å². The molecule has 7 heteroatoms. The average Bonchev–Trinajstić information content (AvgIpc) is 3.34. The van der Waals surface area contributed by atoms with Gasteiger partial charge in [0.2, 0.25) is 0 Å². The summed E-state index contributed by atoms with van der Waals surface area (Å²) >= 11 is 1.60. The molecule has 6 nitrogen and oxygen atoms in total. The Morgan fingerprint density at radius 3 is 2.62 bits per heavy atom. The van der Waals surface area contributed by atoms with Gasteiger partial charge in [-0.05, 0) is 42.1 Å². The first-order valence-electron chi connectivity index (χ1n) is 9.36. The number of hydrogen-bond acceptors (Lipinski definition) is 5. The average molecular weight is 406 g/mol. The van der Waals surface area contributed by atoms with Crippen LogP contribution >= 0.6 is 11.3 Å². The smallest absolute Gasteiger partial charge is 0.252 e. The van der Waals surface area contributed by atoms with Crippen molar-refractivity contribution in [2.24, 2.45) is 7.05 Å². The summed E-state index contributed by atoms with van der Waals surface area (Å²) in [5.74, 6) is -0.122. The number of nitrogens with one attached hydrogen (secondary N) is 1. The van der Waals surface area contributed by atoms with Gasteiger partial charge in [-0.2, -0.15) is 5.10 Å². The van der Waals surface area contributed by atoms with Gasteiger partial charge in [-0.25, -0.2) is 4.98 Å². The van der Waals surface area contributed by atoms with Crippen LogP contribution in [0.15, 0.2) is 47.8 Å². The molecule has 0 aliphatic heterocycles. The minimum atomic E-state index is -0.122. The van der Waals surface area contributed by atoms with E-state index in [4.69, 9.17) is 4.98 Å². The van der Waals surface area contributed by atoms with E-state index in [1.807, 2.05) is 80.8 Å². The Morgan fingerprint density at radius 1 is 1.21 bits per heavy atom. The van der Waals surface area contributed by atoms with Gasteiger partial charge in [0.25, 0.3) is 5.91 Å². The van der Waals surface area contributed by atoms with Crippen LogP contribution in [0.5, 0.6) is 0 Å². The first kappa shape index (κ1) is 19.1. The molecule has 29 heavy (non-hydrogen) atoms. The Hall–Kier alpha value is -3.19. The zero-order chi connectivity index (χ0) is 20.5. The molecule has 0 radical (unpaired) electrons. The van der Waals surface area contributed by atoms with Crippen molar-refractivity contribution in [1.29, 1.82) is 0 Å². The third-order valence-electron chi connectivity index (χ3n) is 4.89. The summed E-state index contributed by atoms with van der Waals surface area (Å²) in [7, 11) is 5.87. The Morgan fingerprint density at radius 2 is 1.97 bits per heavy atom. The summed E-state index contributed by atoms with van der Waals surface area (Å²) in [6.45, 7) is 2.37. The van der Waals surface area contributed by atoms with Crippen molar-refractivity contribution in [3.63, 3.8) is 0 Å². The van der Waals surface area contributed by atoms with Gasteiger partial charge in [0.05, 0.1) is 27.2 Å². The Labute approximate surface area is 173 Å². The van der Waals surface area contributed by atoms with E-state index >= 15 is 0 Å². The molecule has 0 fully saturated rings. The molecule has 1 N–H and O–H groups in total. The molecule has 0 saturated carbocycles. The topological polar surface area (TPSA) is 63.1 Å². The van der Waals surface area contributed by atoms with E-state index in [2.05, 4.69) is 10.4 Å². The van der Waals surface area contributed by atoms with Gasteiger partial charge in [0.1, 0.15) is 0 Å². The SMILES string of the molecule is Cc1nn(C)c2nc(-c3cccs3)cc(C(=O)NCc3ccc(N(C)C)cc3)c12. The quantitative estimate of drug-likeness (QED) is 0.545. The van der Waals surface area contributed by atoms with E-state index in [0.717, 1.165) is 32.9 Å². The number of thiophene rings is 1. The minimum Gasteiger partial charge on any atom is -0.378 e. The van der Waals surface area contributed by atoms with Crippen LogP contribution in [-0.2, 0) is 13.6 Å². The lowest BCUT2D eigenvalue weighted by molar-refractivity contribution is 0.0952. The van der Waals surface area contributed by atoms with E-state index < -0.39 is 0 Å². The van der Waals surface area contributed by atoms with Crippen LogP contribution in [0.25, 0.3) is 21.6 Å². The number of pyridine rings is 1. The second-order valence-electron chi connectivity index (χ2n) is 7.18. The summed E-state index contributed by atoms with van der Waals surface area (Å²) in [5, 5.41) is 10.3. The number of anilines is 1. The molecule has 0 atom stereocenters. The van der Waals surface area contributed by atoms with Gasteiger partial charge in [-0.15, -0.1) is 11.3 Å². The second-order valence-corrected chi connectivity index (χ2v) is 8.13.